The maximum Gasteiger partial charge on any atom is 0.305 e. The normalized spacial score (nSPS) is 12.7. The number of aliphatic hydroxyl groups is 2. The van der Waals surface area contributed by atoms with Crippen LogP contribution >= 0.6 is 0 Å². The minimum Gasteiger partial charge on any atom is -0.466 e. The Morgan fingerprint density at radius 3 is 1.00 bits per heavy atom. The topological polar surface area (TPSA) is 95.9 Å². The molecule has 6 nitrogen and oxygen atoms in total. The number of nitrogens with one attached hydrogen (secondary N) is 1. The van der Waals surface area contributed by atoms with Crippen molar-refractivity contribution in [3.63, 3.8) is 0 Å². The van der Waals surface area contributed by atoms with Crippen LogP contribution in [0.5, 0.6) is 0 Å². The summed E-state index contributed by atoms with van der Waals surface area (Å²) in [7, 11) is 0. The molecule has 0 heterocycles. The summed E-state index contributed by atoms with van der Waals surface area (Å²) < 4.78 is 5.50. The lowest BCUT2D eigenvalue weighted by atomic mass is 10.0. The molecule has 1 amide bonds. The number of carbonyl (C=O) groups is 2. The maximum atomic E-state index is 12.5. The molecule has 0 saturated carbocycles. The number of hydrogen-bond donors (Lipinski definition) is 3. The van der Waals surface area contributed by atoms with Crippen LogP contribution in [0.25, 0.3) is 0 Å². The van der Waals surface area contributed by atoms with E-state index in [4.69, 9.17) is 4.74 Å². The van der Waals surface area contributed by atoms with Gasteiger partial charge in [0, 0.05) is 12.8 Å². The van der Waals surface area contributed by atoms with Crippen LogP contribution in [0.1, 0.15) is 386 Å². The van der Waals surface area contributed by atoms with Crippen molar-refractivity contribution < 1.29 is 24.5 Å². The van der Waals surface area contributed by atoms with Crippen molar-refractivity contribution in [2.24, 2.45) is 0 Å². The van der Waals surface area contributed by atoms with E-state index >= 15 is 0 Å². The smallest absolute Gasteiger partial charge is 0.305 e. The van der Waals surface area contributed by atoms with Gasteiger partial charge in [-0.3, -0.25) is 9.59 Å². The van der Waals surface area contributed by atoms with Crippen molar-refractivity contribution in [2.45, 2.75) is 398 Å². The van der Waals surface area contributed by atoms with Gasteiger partial charge < -0.3 is 20.3 Å². The van der Waals surface area contributed by atoms with Gasteiger partial charge in [0.25, 0.3) is 0 Å². The number of rotatable bonds is 66. The molecule has 0 aliphatic carbocycles. The number of ether oxygens (including phenoxy) is 1. The van der Waals surface area contributed by atoms with E-state index in [0.29, 0.717) is 19.4 Å². The van der Waals surface area contributed by atoms with Crippen LogP contribution in [-0.2, 0) is 14.3 Å². The monoisotopic (exact) mass is 1100 g/mol. The van der Waals surface area contributed by atoms with Crippen molar-refractivity contribution in [3.8, 4) is 0 Å². The molecule has 0 aromatic rings. The number of aliphatic hydroxyl groups excluding tert-OH is 2. The summed E-state index contributed by atoms with van der Waals surface area (Å²) in [5, 5.41) is 23.2. The molecule has 78 heavy (non-hydrogen) atoms. The first-order valence-electron chi connectivity index (χ1n) is 35.3. The Balaban J connectivity index is 3.36. The molecular formula is C72H137NO5. The molecule has 2 unspecified atom stereocenters. The number of esters is 1. The first-order chi connectivity index (χ1) is 38.5. The Morgan fingerprint density at radius 1 is 0.359 bits per heavy atom. The lowest BCUT2D eigenvalue weighted by Gasteiger charge is -2.20. The summed E-state index contributed by atoms with van der Waals surface area (Å²) in [4.78, 5) is 24.6. The van der Waals surface area contributed by atoms with E-state index in [9.17, 15) is 19.8 Å². The van der Waals surface area contributed by atoms with Crippen LogP contribution in [0.15, 0.2) is 36.5 Å². The summed E-state index contributed by atoms with van der Waals surface area (Å²) in [6.45, 7) is 4.91. The number of hydrogen-bond acceptors (Lipinski definition) is 5. The van der Waals surface area contributed by atoms with Crippen molar-refractivity contribution in [1.82, 2.24) is 5.32 Å². The predicted octanol–water partition coefficient (Wildman–Crippen LogP) is 22.7. The van der Waals surface area contributed by atoms with Crippen molar-refractivity contribution in [3.05, 3.63) is 36.5 Å². The quantitative estimate of drug-likeness (QED) is 0.0320. The molecule has 0 rings (SSSR count). The fraction of sp³-hybridized carbons (Fsp3) is 0.889. The van der Waals surface area contributed by atoms with Crippen LogP contribution in [0, 0.1) is 0 Å². The SMILES string of the molecule is CCCCC/C=C\C/C=C\CCCCCCCCCC(=O)OCCCCCCCCCCCCCCCCCCCCCCCCCCCCCC(=O)NC(CO)C(O)/C=C/CCCCCCCCCCCCCCCCC. The highest BCUT2D eigenvalue weighted by molar-refractivity contribution is 5.76. The Morgan fingerprint density at radius 2 is 0.641 bits per heavy atom. The summed E-state index contributed by atoms with van der Waals surface area (Å²) in [5.41, 5.74) is 0. The highest BCUT2D eigenvalue weighted by Crippen LogP contribution is 2.19. The van der Waals surface area contributed by atoms with Gasteiger partial charge in [-0.15, -0.1) is 0 Å². The van der Waals surface area contributed by atoms with Gasteiger partial charge in [-0.25, -0.2) is 0 Å². The van der Waals surface area contributed by atoms with Crippen LogP contribution in [-0.4, -0.2) is 47.4 Å². The first-order valence-corrected chi connectivity index (χ1v) is 35.3. The van der Waals surface area contributed by atoms with E-state index in [1.807, 2.05) is 6.08 Å². The third-order valence-corrected chi connectivity index (χ3v) is 16.4. The summed E-state index contributed by atoms with van der Waals surface area (Å²) in [5.74, 6) is -0.0522. The molecule has 6 heteroatoms. The number of carbonyl (C=O) groups excluding carboxylic acids is 2. The zero-order chi connectivity index (χ0) is 56.4. The highest BCUT2D eigenvalue weighted by Gasteiger charge is 2.18. The van der Waals surface area contributed by atoms with Crippen LogP contribution in [0.3, 0.4) is 0 Å². The van der Waals surface area contributed by atoms with Gasteiger partial charge in [-0.05, 0) is 64.2 Å². The zero-order valence-corrected chi connectivity index (χ0v) is 52.7. The van der Waals surface area contributed by atoms with Crippen LogP contribution < -0.4 is 5.32 Å². The molecule has 0 saturated heterocycles. The Kier molecular flexibility index (Phi) is 65.9. The molecule has 3 N–H and O–H groups in total. The third-order valence-electron chi connectivity index (χ3n) is 16.4. The Labute approximate surface area is 487 Å². The Bertz CT molecular complexity index is 1260. The second-order valence-corrected chi connectivity index (χ2v) is 24.2. The predicted molar refractivity (Wildman–Crippen MR) is 343 cm³/mol. The molecule has 2 atom stereocenters. The first kappa shape index (κ1) is 76.1. The summed E-state index contributed by atoms with van der Waals surface area (Å²) in [6, 6.07) is -0.626. The number of allylic oxidation sites excluding steroid dienone is 5. The minimum atomic E-state index is -0.843. The average Bonchev–Trinajstić information content (AvgIpc) is 3.44. The maximum absolute atomic E-state index is 12.5. The summed E-state index contributed by atoms with van der Waals surface area (Å²) in [6.07, 6.45) is 86.5. The van der Waals surface area contributed by atoms with Gasteiger partial charge in [0.05, 0.1) is 25.4 Å². The molecule has 0 bridgehead atoms. The zero-order valence-electron chi connectivity index (χ0n) is 52.7. The molecule has 0 aliphatic heterocycles. The molecule has 460 valence electrons. The van der Waals surface area contributed by atoms with Crippen LogP contribution in [0.4, 0.5) is 0 Å². The third kappa shape index (κ3) is 63.3. The molecule has 0 spiro atoms. The van der Waals surface area contributed by atoms with Gasteiger partial charge in [0.2, 0.25) is 5.91 Å². The lowest BCUT2D eigenvalue weighted by molar-refractivity contribution is -0.143. The molecule has 0 aromatic heterocycles. The number of unbranched alkanes of at least 4 members (excludes halogenated alkanes) is 51. The van der Waals surface area contributed by atoms with Gasteiger partial charge in [-0.1, -0.05) is 346 Å². The van der Waals surface area contributed by atoms with E-state index in [-0.39, 0.29) is 18.5 Å². The molecular weight excluding hydrogens is 959 g/mol. The largest absolute Gasteiger partial charge is 0.466 e. The fourth-order valence-corrected chi connectivity index (χ4v) is 11.0. The second kappa shape index (κ2) is 67.6. The van der Waals surface area contributed by atoms with Gasteiger partial charge >= 0.3 is 5.97 Å². The van der Waals surface area contributed by atoms with E-state index in [2.05, 4.69) is 43.5 Å². The average molecular weight is 1100 g/mol. The molecule has 0 radical (unpaired) electrons. The van der Waals surface area contributed by atoms with Crippen molar-refractivity contribution in [2.75, 3.05) is 13.2 Å². The van der Waals surface area contributed by atoms with Crippen LogP contribution in [0.2, 0.25) is 0 Å². The van der Waals surface area contributed by atoms with Crippen molar-refractivity contribution in [1.29, 1.82) is 0 Å². The molecule has 0 aliphatic rings. The Hall–Kier alpha value is -1.92. The van der Waals surface area contributed by atoms with E-state index in [0.717, 1.165) is 51.4 Å². The summed E-state index contributed by atoms with van der Waals surface area (Å²) >= 11 is 0. The van der Waals surface area contributed by atoms with E-state index in [1.54, 1.807) is 6.08 Å². The lowest BCUT2D eigenvalue weighted by Crippen LogP contribution is -2.45. The fourth-order valence-electron chi connectivity index (χ4n) is 11.0. The number of amides is 1. The van der Waals surface area contributed by atoms with E-state index in [1.165, 1.54) is 308 Å². The molecule has 0 aromatic carbocycles. The minimum absolute atomic E-state index is 0.0103. The molecule has 0 fully saturated rings. The van der Waals surface area contributed by atoms with Gasteiger partial charge in [-0.2, -0.15) is 0 Å². The van der Waals surface area contributed by atoms with Crippen molar-refractivity contribution >= 4 is 11.9 Å². The standard InChI is InChI=1S/C72H137NO5/c1-3-5-7-9-11-13-15-17-19-32-36-40-44-48-52-56-60-64-70(75)69(68-74)73-71(76)65-61-57-53-49-45-41-37-34-30-28-26-24-22-21-23-25-27-29-31-35-39-43-47-51-55-59-63-67-78-72(77)66-62-58-54-50-46-42-38-33-20-18-16-14-12-10-8-6-4-2/h12,14,18,20,60,64,69-70,74-75H,3-11,13,15-17,19,21-59,61-63,65-68H2,1-2H3,(H,73,76)/b14-12-,20-18-,64-60+. The van der Waals surface area contributed by atoms with E-state index < -0.39 is 12.1 Å². The highest BCUT2D eigenvalue weighted by atomic mass is 16.5. The van der Waals surface area contributed by atoms with Gasteiger partial charge in [0.1, 0.15) is 0 Å². The van der Waals surface area contributed by atoms with Gasteiger partial charge in [0.15, 0.2) is 0 Å². The second-order valence-electron chi connectivity index (χ2n) is 24.2.